The summed E-state index contributed by atoms with van der Waals surface area (Å²) in [6.07, 6.45) is 7.16. The molecule has 10 heteroatoms. The van der Waals surface area contributed by atoms with Gasteiger partial charge in [-0.3, -0.25) is 19.2 Å². The number of aliphatic hydroxyl groups excluding tert-OH is 1. The first-order chi connectivity index (χ1) is 22.1. The third-order valence-corrected chi connectivity index (χ3v) is 10.00. The van der Waals surface area contributed by atoms with Gasteiger partial charge in [0.05, 0.1) is 31.2 Å². The van der Waals surface area contributed by atoms with Crippen molar-refractivity contribution in [2.75, 3.05) is 19.7 Å². The molecule has 5 bridgehead atoms. The number of allylic oxidation sites excluding steroid dienone is 1. The van der Waals surface area contributed by atoms with Gasteiger partial charge in [0.15, 0.2) is 0 Å². The molecule has 0 unspecified atom stereocenters. The summed E-state index contributed by atoms with van der Waals surface area (Å²) in [6.45, 7) is 14.2. The van der Waals surface area contributed by atoms with Crippen LogP contribution in [0.15, 0.2) is 54.6 Å². The number of carbonyl (C=O) groups excluding carboxylic acids is 4. The van der Waals surface area contributed by atoms with Crippen molar-refractivity contribution in [1.82, 2.24) is 15.1 Å². The number of nitrogens with one attached hydrogen (secondary N) is 1. The summed E-state index contributed by atoms with van der Waals surface area (Å²) in [5.41, 5.74) is -1.46. The third kappa shape index (κ3) is 6.64. The summed E-state index contributed by atoms with van der Waals surface area (Å²) in [4.78, 5) is 60.1. The molecular weight excluding hydrogens is 598 g/mol. The van der Waals surface area contributed by atoms with Gasteiger partial charge in [-0.25, -0.2) is 0 Å². The molecular formula is C37H51N3O7. The molecule has 0 aromatic heterocycles. The number of hydrogen-bond acceptors (Lipinski definition) is 7. The lowest BCUT2D eigenvalue weighted by atomic mass is 9.74. The number of nitrogens with zero attached hydrogens (tertiary/aromatic N) is 2. The molecule has 2 N–H and O–H groups in total. The molecule has 47 heavy (non-hydrogen) atoms. The van der Waals surface area contributed by atoms with Crippen molar-refractivity contribution in [3.63, 3.8) is 0 Å². The van der Waals surface area contributed by atoms with E-state index >= 15 is 4.79 Å². The Morgan fingerprint density at radius 3 is 2.36 bits per heavy atom. The van der Waals surface area contributed by atoms with E-state index in [4.69, 9.17) is 9.47 Å². The van der Waals surface area contributed by atoms with E-state index in [1.807, 2.05) is 70.2 Å². The quantitative estimate of drug-likeness (QED) is 0.353. The van der Waals surface area contributed by atoms with E-state index in [-0.39, 0.29) is 49.3 Å². The topological polar surface area (TPSA) is 125 Å². The van der Waals surface area contributed by atoms with Crippen LogP contribution in [0.5, 0.6) is 0 Å². The lowest BCUT2D eigenvalue weighted by Gasteiger charge is -2.46. The second-order valence-electron chi connectivity index (χ2n) is 15.6. The van der Waals surface area contributed by atoms with Crippen molar-refractivity contribution in [3.05, 3.63) is 60.2 Å². The van der Waals surface area contributed by atoms with Crippen molar-refractivity contribution in [2.24, 2.45) is 23.2 Å². The largest absolute Gasteiger partial charge is 0.455 e. The monoisotopic (exact) mass is 649 g/mol. The van der Waals surface area contributed by atoms with Crippen LogP contribution in [0.4, 0.5) is 0 Å². The molecule has 10 nitrogen and oxygen atoms in total. The molecule has 2 fully saturated rings. The molecule has 0 saturated carbocycles. The third-order valence-electron chi connectivity index (χ3n) is 10.00. The number of cyclic esters (lactones) is 1. The Labute approximate surface area is 278 Å². The Kier molecular flexibility index (Phi) is 9.77. The predicted octanol–water partition coefficient (Wildman–Crippen LogP) is 3.95. The second-order valence-corrected chi connectivity index (χ2v) is 15.6. The van der Waals surface area contributed by atoms with Crippen molar-refractivity contribution < 1.29 is 33.8 Å². The summed E-state index contributed by atoms with van der Waals surface area (Å²) in [7, 11) is 0. The average Bonchev–Trinajstić information content (AvgIpc) is 3.63. The molecule has 1 aromatic rings. The Morgan fingerprint density at radius 1 is 1.02 bits per heavy atom. The minimum Gasteiger partial charge on any atom is -0.455 e. The second kappa shape index (κ2) is 13.2. The fourth-order valence-corrected chi connectivity index (χ4v) is 8.23. The van der Waals surface area contributed by atoms with Crippen molar-refractivity contribution >= 4 is 23.7 Å². The van der Waals surface area contributed by atoms with Crippen molar-refractivity contribution in [1.29, 1.82) is 0 Å². The first-order valence-electron chi connectivity index (χ1n) is 16.9. The Hall–Kier alpha value is -3.50. The van der Waals surface area contributed by atoms with Crippen LogP contribution in [-0.2, 0) is 28.7 Å². The number of amides is 3. The van der Waals surface area contributed by atoms with Gasteiger partial charge in [0, 0.05) is 18.5 Å². The van der Waals surface area contributed by atoms with Crippen LogP contribution in [-0.4, -0.2) is 87.6 Å². The summed E-state index contributed by atoms with van der Waals surface area (Å²) in [6, 6.07) is 7.40. The summed E-state index contributed by atoms with van der Waals surface area (Å²) < 4.78 is 12.7. The van der Waals surface area contributed by atoms with Gasteiger partial charge < -0.3 is 29.7 Å². The summed E-state index contributed by atoms with van der Waals surface area (Å²) in [5.74, 6) is -3.72. The molecule has 2 saturated heterocycles. The molecule has 3 amide bonds. The molecule has 4 aliphatic rings. The molecule has 5 rings (SSSR count). The van der Waals surface area contributed by atoms with Gasteiger partial charge in [0.1, 0.15) is 23.7 Å². The smallest absolute Gasteiger partial charge is 0.313 e. The maximum atomic E-state index is 15.1. The van der Waals surface area contributed by atoms with E-state index in [0.717, 1.165) is 0 Å². The Bertz CT molecular complexity index is 1410. The van der Waals surface area contributed by atoms with E-state index in [1.54, 1.807) is 17.1 Å². The zero-order valence-corrected chi connectivity index (χ0v) is 28.8. The van der Waals surface area contributed by atoms with Crippen molar-refractivity contribution in [2.45, 2.75) is 103 Å². The van der Waals surface area contributed by atoms with Crippen LogP contribution in [0.1, 0.15) is 79.4 Å². The molecule has 0 aliphatic carbocycles. The highest BCUT2D eigenvalue weighted by atomic mass is 16.6. The average molecular weight is 650 g/mol. The lowest BCUT2D eigenvalue weighted by molar-refractivity contribution is -0.161. The number of hydrogen-bond donors (Lipinski definition) is 2. The number of rotatable bonds is 6. The highest BCUT2D eigenvalue weighted by Crippen LogP contribution is 2.57. The van der Waals surface area contributed by atoms with E-state index in [1.165, 1.54) is 4.90 Å². The summed E-state index contributed by atoms with van der Waals surface area (Å²) in [5, 5.41) is 13.5. The minimum atomic E-state index is -1.41. The van der Waals surface area contributed by atoms with E-state index in [2.05, 4.69) is 26.1 Å². The fourth-order valence-electron chi connectivity index (χ4n) is 8.23. The van der Waals surface area contributed by atoms with Gasteiger partial charge in [0.2, 0.25) is 17.7 Å². The number of benzene rings is 1. The molecule has 7 atom stereocenters. The predicted molar refractivity (Wildman–Crippen MR) is 177 cm³/mol. The van der Waals surface area contributed by atoms with E-state index < -0.39 is 59.1 Å². The lowest BCUT2D eigenvalue weighted by Crippen LogP contribution is -2.63. The Balaban J connectivity index is 1.63. The van der Waals surface area contributed by atoms with E-state index in [0.29, 0.717) is 18.4 Å². The normalized spacial score (nSPS) is 31.6. The SMILES string of the molecule is CC(C)[C@H](CO)N1C(=O)[C@@H]2[C@H]3C(=O)O[C@@H](c4ccccc4)CNC(=O)CC/C=C\CN(C(C)(C)CC(C)(C)C)C(=O)[C@@H]1[C@]21C=C[C@H]3O1. The van der Waals surface area contributed by atoms with Crippen LogP contribution in [0.3, 0.4) is 0 Å². The van der Waals surface area contributed by atoms with Crippen LogP contribution >= 0.6 is 0 Å². The van der Waals surface area contributed by atoms with Gasteiger partial charge in [0.25, 0.3) is 0 Å². The molecule has 1 spiro atoms. The van der Waals surface area contributed by atoms with Crippen LogP contribution in [0.25, 0.3) is 0 Å². The molecule has 1 aromatic carbocycles. The number of carbonyl (C=O) groups is 4. The maximum absolute atomic E-state index is 15.1. The standard InChI is InChI=1S/C37H51N3O7/c1-23(2)25(21-41)40-31-33(44)39(36(6,7)22-35(3,4)5)19-13-9-12-16-28(42)38-20-27(24-14-10-8-11-15-24)46-34(45)29-26-17-18-37(31,47-26)30(29)32(40)43/h8-11,13-15,17-18,23,25-27,29-31,41H,12,16,19-22H2,1-7H3,(H,38,42)/b13-9-/t25-,26+,27+,29-,30-,31+,37-/m0/s1. The van der Waals surface area contributed by atoms with Crippen LogP contribution in [0, 0.1) is 23.2 Å². The first-order valence-corrected chi connectivity index (χ1v) is 16.9. The molecule has 256 valence electrons. The summed E-state index contributed by atoms with van der Waals surface area (Å²) >= 11 is 0. The number of fused-ring (bicyclic) bond motifs is 2. The van der Waals surface area contributed by atoms with Gasteiger partial charge in [-0.15, -0.1) is 0 Å². The molecule has 0 radical (unpaired) electrons. The first kappa shape index (κ1) is 34.8. The maximum Gasteiger partial charge on any atom is 0.313 e. The van der Waals surface area contributed by atoms with Crippen LogP contribution in [0.2, 0.25) is 0 Å². The minimum absolute atomic E-state index is 0.0675. The van der Waals surface area contributed by atoms with E-state index in [9.17, 15) is 19.5 Å². The molecule has 4 heterocycles. The van der Waals surface area contributed by atoms with Gasteiger partial charge in [-0.1, -0.05) is 89.3 Å². The van der Waals surface area contributed by atoms with Crippen molar-refractivity contribution in [3.8, 4) is 0 Å². The molecule has 4 aliphatic heterocycles. The number of likely N-dealkylation sites (tertiary alicyclic amines) is 1. The zero-order valence-electron chi connectivity index (χ0n) is 28.8. The number of esters is 1. The van der Waals surface area contributed by atoms with Crippen LogP contribution < -0.4 is 5.32 Å². The highest BCUT2D eigenvalue weighted by Gasteiger charge is 2.74. The number of ether oxygens (including phenoxy) is 2. The van der Waals surface area contributed by atoms with Gasteiger partial charge in [-0.05, 0) is 43.6 Å². The highest BCUT2D eigenvalue weighted by molar-refractivity contribution is 5.99. The van der Waals surface area contributed by atoms with Gasteiger partial charge >= 0.3 is 5.97 Å². The zero-order chi connectivity index (χ0) is 34.3. The van der Waals surface area contributed by atoms with Gasteiger partial charge in [-0.2, -0.15) is 0 Å². The number of aliphatic hydroxyl groups is 1. The fraction of sp³-hybridized carbons (Fsp3) is 0.622. The Morgan fingerprint density at radius 2 is 1.72 bits per heavy atom.